The van der Waals surface area contributed by atoms with Crippen LogP contribution in [0.3, 0.4) is 0 Å². The predicted octanol–water partition coefficient (Wildman–Crippen LogP) is 3.32. The fraction of sp³-hybridized carbons (Fsp3) is 0.474. The SMILES string of the molecule is CC(Oc1ccc(CN2[C@@H](C)CCC(C)S2(=O)=O)cc1)c1ncccn1. The summed E-state index contributed by atoms with van der Waals surface area (Å²) < 4.78 is 32.7. The third-order valence-corrected chi connectivity index (χ3v) is 7.24. The van der Waals surface area contributed by atoms with E-state index in [1.807, 2.05) is 38.1 Å². The molecule has 2 heterocycles. The number of aromatic nitrogens is 2. The van der Waals surface area contributed by atoms with Crippen LogP contribution in [0.2, 0.25) is 0 Å². The molecule has 0 bridgehead atoms. The maximum atomic E-state index is 12.6. The Labute approximate surface area is 155 Å². The van der Waals surface area contributed by atoms with Gasteiger partial charge in [-0.15, -0.1) is 0 Å². The second-order valence-corrected chi connectivity index (χ2v) is 9.14. The van der Waals surface area contributed by atoms with Gasteiger partial charge in [-0.2, -0.15) is 4.31 Å². The highest BCUT2D eigenvalue weighted by Gasteiger charge is 2.36. The first-order chi connectivity index (χ1) is 12.4. The van der Waals surface area contributed by atoms with Gasteiger partial charge >= 0.3 is 0 Å². The Kier molecular flexibility index (Phi) is 5.58. The number of sulfonamides is 1. The summed E-state index contributed by atoms with van der Waals surface area (Å²) in [5, 5.41) is -0.312. The number of benzene rings is 1. The normalized spacial score (nSPS) is 24.1. The Morgan fingerprint density at radius 1 is 1.15 bits per heavy atom. The van der Waals surface area contributed by atoms with E-state index in [0.29, 0.717) is 18.1 Å². The monoisotopic (exact) mass is 375 g/mol. The Hall–Kier alpha value is -1.99. The van der Waals surface area contributed by atoms with Crippen LogP contribution in [0.4, 0.5) is 0 Å². The van der Waals surface area contributed by atoms with E-state index in [0.717, 1.165) is 18.4 Å². The summed E-state index contributed by atoms with van der Waals surface area (Å²) in [6, 6.07) is 9.34. The Bertz CT molecular complexity index is 825. The van der Waals surface area contributed by atoms with E-state index in [9.17, 15) is 8.42 Å². The highest BCUT2D eigenvalue weighted by atomic mass is 32.2. The maximum absolute atomic E-state index is 12.6. The first kappa shape index (κ1) is 18.8. The molecule has 1 aliphatic rings. The van der Waals surface area contributed by atoms with E-state index in [1.54, 1.807) is 29.7 Å². The topological polar surface area (TPSA) is 72.4 Å². The highest BCUT2D eigenvalue weighted by molar-refractivity contribution is 7.89. The van der Waals surface area contributed by atoms with E-state index >= 15 is 0 Å². The summed E-state index contributed by atoms with van der Waals surface area (Å²) >= 11 is 0. The van der Waals surface area contributed by atoms with Gasteiger partial charge in [0.15, 0.2) is 11.9 Å². The van der Waals surface area contributed by atoms with Crippen LogP contribution in [-0.2, 0) is 16.6 Å². The Balaban J connectivity index is 1.68. The van der Waals surface area contributed by atoms with Crippen molar-refractivity contribution in [3.63, 3.8) is 0 Å². The minimum atomic E-state index is -3.23. The third kappa shape index (κ3) is 4.04. The molecule has 0 radical (unpaired) electrons. The molecule has 3 rings (SSSR count). The van der Waals surface area contributed by atoms with Gasteiger partial charge in [-0.3, -0.25) is 0 Å². The van der Waals surface area contributed by atoms with E-state index in [1.165, 1.54) is 0 Å². The molecular weight excluding hydrogens is 350 g/mol. The standard InChI is InChI=1S/C19H25N3O3S/c1-14-5-6-15(2)26(23,24)22(14)13-17-7-9-18(10-8-17)25-16(3)19-20-11-4-12-21-19/h4,7-12,14-16H,5-6,13H2,1-3H3/t14-,15?,16?/m0/s1. The van der Waals surface area contributed by atoms with Crippen LogP contribution < -0.4 is 4.74 Å². The minimum absolute atomic E-state index is 0.0300. The van der Waals surface area contributed by atoms with Crippen LogP contribution in [0.15, 0.2) is 42.7 Å². The first-order valence-electron chi connectivity index (χ1n) is 8.91. The molecule has 7 heteroatoms. The fourth-order valence-corrected chi connectivity index (χ4v) is 4.96. The van der Waals surface area contributed by atoms with Gasteiger partial charge in [-0.25, -0.2) is 18.4 Å². The van der Waals surface area contributed by atoms with Gasteiger partial charge in [0.2, 0.25) is 10.0 Å². The smallest absolute Gasteiger partial charge is 0.217 e. The summed E-state index contributed by atoms with van der Waals surface area (Å²) in [5.74, 6) is 1.33. The molecule has 2 aromatic rings. The summed E-state index contributed by atoms with van der Waals surface area (Å²) in [5.41, 5.74) is 0.950. The molecule has 0 N–H and O–H groups in total. The molecule has 0 spiro atoms. The van der Waals surface area contributed by atoms with Crippen LogP contribution in [-0.4, -0.2) is 34.0 Å². The molecule has 2 unspecified atom stereocenters. The summed E-state index contributed by atoms with van der Waals surface area (Å²) in [6.07, 6.45) is 4.74. The quantitative estimate of drug-likeness (QED) is 0.802. The first-order valence-corrected chi connectivity index (χ1v) is 10.4. The van der Waals surface area contributed by atoms with E-state index < -0.39 is 10.0 Å². The zero-order chi connectivity index (χ0) is 18.7. The minimum Gasteiger partial charge on any atom is -0.483 e. The van der Waals surface area contributed by atoms with Crippen molar-refractivity contribution in [3.8, 4) is 5.75 Å². The average Bonchev–Trinajstić information content (AvgIpc) is 2.64. The van der Waals surface area contributed by atoms with Crippen LogP contribution in [0.5, 0.6) is 5.75 Å². The van der Waals surface area contributed by atoms with E-state index in [4.69, 9.17) is 4.74 Å². The molecule has 1 aliphatic heterocycles. The zero-order valence-corrected chi connectivity index (χ0v) is 16.2. The van der Waals surface area contributed by atoms with Gasteiger partial charge in [0, 0.05) is 25.0 Å². The highest BCUT2D eigenvalue weighted by Crippen LogP contribution is 2.28. The Morgan fingerprint density at radius 2 is 1.81 bits per heavy atom. The summed E-state index contributed by atoms with van der Waals surface area (Å²) in [4.78, 5) is 8.38. The lowest BCUT2D eigenvalue weighted by Gasteiger charge is -2.36. The molecular formula is C19H25N3O3S. The van der Waals surface area contributed by atoms with Gasteiger partial charge in [-0.05, 0) is 57.4 Å². The number of hydrogen-bond acceptors (Lipinski definition) is 5. The molecule has 140 valence electrons. The molecule has 6 nitrogen and oxygen atoms in total. The molecule has 0 amide bonds. The van der Waals surface area contributed by atoms with Crippen LogP contribution in [0.1, 0.15) is 51.1 Å². The molecule has 26 heavy (non-hydrogen) atoms. The van der Waals surface area contributed by atoms with Gasteiger partial charge in [0.05, 0.1) is 5.25 Å². The molecule has 0 saturated carbocycles. The van der Waals surface area contributed by atoms with Crippen LogP contribution in [0.25, 0.3) is 0 Å². The molecule has 1 aromatic heterocycles. The van der Waals surface area contributed by atoms with Crippen molar-refractivity contribution in [2.75, 3.05) is 0 Å². The lowest BCUT2D eigenvalue weighted by atomic mass is 10.1. The maximum Gasteiger partial charge on any atom is 0.217 e. The number of hydrogen-bond donors (Lipinski definition) is 0. The van der Waals surface area contributed by atoms with Crippen molar-refractivity contribution >= 4 is 10.0 Å². The third-order valence-electron chi connectivity index (χ3n) is 4.84. The van der Waals surface area contributed by atoms with Gasteiger partial charge in [0.25, 0.3) is 0 Å². The van der Waals surface area contributed by atoms with Crippen LogP contribution >= 0.6 is 0 Å². The largest absolute Gasteiger partial charge is 0.483 e. The number of rotatable bonds is 5. The van der Waals surface area contributed by atoms with Crippen molar-refractivity contribution in [3.05, 3.63) is 54.1 Å². The average molecular weight is 375 g/mol. The van der Waals surface area contributed by atoms with Gasteiger partial charge < -0.3 is 4.74 Å². The van der Waals surface area contributed by atoms with E-state index in [2.05, 4.69) is 9.97 Å². The second-order valence-electron chi connectivity index (χ2n) is 6.84. The fourth-order valence-electron chi connectivity index (χ4n) is 3.13. The van der Waals surface area contributed by atoms with Gasteiger partial charge in [-0.1, -0.05) is 12.1 Å². The van der Waals surface area contributed by atoms with Crippen molar-refractivity contribution in [1.82, 2.24) is 14.3 Å². The summed E-state index contributed by atoms with van der Waals surface area (Å²) in [7, 11) is -3.23. The lowest BCUT2D eigenvalue weighted by Crippen LogP contribution is -2.46. The zero-order valence-electron chi connectivity index (χ0n) is 15.4. The number of ether oxygens (including phenoxy) is 1. The van der Waals surface area contributed by atoms with Gasteiger partial charge in [0.1, 0.15) is 5.75 Å². The molecule has 1 saturated heterocycles. The van der Waals surface area contributed by atoms with Crippen molar-refractivity contribution in [1.29, 1.82) is 0 Å². The molecule has 3 atom stereocenters. The molecule has 1 fully saturated rings. The number of nitrogens with zero attached hydrogens (tertiary/aromatic N) is 3. The lowest BCUT2D eigenvalue weighted by molar-refractivity contribution is 0.216. The second kappa shape index (κ2) is 7.72. The van der Waals surface area contributed by atoms with E-state index in [-0.39, 0.29) is 17.4 Å². The summed E-state index contributed by atoms with van der Waals surface area (Å²) in [6.45, 7) is 6.05. The van der Waals surface area contributed by atoms with Crippen molar-refractivity contribution in [2.24, 2.45) is 0 Å². The molecule has 0 aliphatic carbocycles. The molecule has 1 aromatic carbocycles. The van der Waals surface area contributed by atoms with Crippen molar-refractivity contribution < 1.29 is 13.2 Å². The van der Waals surface area contributed by atoms with Crippen molar-refractivity contribution in [2.45, 2.75) is 57.6 Å². The van der Waals surface area contributed by atoms with Crippen LogP contribution in [0, 0.1) is 0 Å². The Morgan fingerprint density at radius 3 is 2.46 bits per heavy atom. The predicted molar refractivity (Wildman–Crippen MR) is 100 cm³/mol.